The summed E-state index contributed by atoms with van der Waals surface area (Å²) in [5, 5.41) is 0. The van der Waals surface area contributed by atoms with Gasteiger partial charge in [0.2, 0.25) is 0 Å². The fourth-order valence-corrected chi connectivity index (χ4v) is 3.98. The molecule has 3 nitrogen and oxygen atoms in total. The molecule has 0 spiro atoms. The van der Waals surface area contributed by atoms with Crippen molar-refractivity contribution in [2.45, 2.75) is 53.4 Å². The first-order valence-corrected chi connectivity index (χ1v) is 9.75. The maximum atomic E-state index is 12.5. The Balaban J connectivity index is 1.90. The number of ketones is 1. The molecule has 0 fully saturated rings. The minimum atomic E-state index is -0.475. The summed E-state index contributed by atoms with van der Waals surface area (Å²) in [5.74, 6) is 0.210. The van der Waals surface area contributed by atoms with Gasteiger partial charge in [-0.2, -0.15) is 0 Å². The van der Waals surface area contributed by atoms with Crippen molar-refractivity contribution in [3.63, 3.8) is 0 Å². The van der Waals surface area contributed by atoms with E-state index >= 15 is 0 Å². The molecule has 1 unspecified atom stereocenters. The first-order valence-electron chi connectivity index (χ1n) is 9.75. The molecule has 1 atom stereocenters. The summed E-state index contributed by atoms with van der Waals surface area (Å²) < 4.78 is 0. The van der Waals surface area contributed by atoms with Gasteiger partial charge >= 0.3 is 5.91 Å². The normalized spacial score (nSPS) is 15.4. The first kappa shape index (κ1) is 19.3. The van der Waals surface area contributed by atoms with Gasteiger partial charge in [-0.15, -0.1) is 0 Å². The Labute approximate surface area is 162 Å². The maximum absolute atomic E-state index is 12.5. The number of carbonyl (C=O) groups is 2. The third-order valence-corrected chi connectivity index (χ3v) is 5.02. The molecule has 3 rings (SSSR count). The summed E-state index contributed by atoms with van der Waals surface area (Å²) in [7, 11) is 0. The highest BCUT2D eigenvalue weighted by Gasteiger charge is 2.36. The Morgan fingerprint density at radius 2 is 1.56 bits per heavy atom. The van der Waals surface area contributed by atoms with E-state index in [0.29, 0.717) is 23.1 Å². The Hall–Kier alpha value is -2.42. The predicted octanol–water partition coefficient (Wildman–Crippen LogP) is 6.11. The molecular weight excluding hydrogens is 334 g/mol. The van der Waals surface area contributed by atoms with Gasteiger partial charge in [0.05, 0.1) is 11.3 Å². The molecule has 0 bridgehead atoms. The van der Waals surface area contributed by atoms with Gasteiger partial charge in [0.1, 0.15) is 0 Å². The van der Waals surface area contributed by atoms with E-state index in [-0.39, 0.29) is 5.41 Å². The van der Waals surface area contributed by atoms with Gasteiger partial charge < -0.3 is 0 Å². The fourth-order valence-electron chi connectivity index (χ4n) is 3.98. The minimum absolute atomic E-state index is 0.258. The van der Waals surface area contributed by atoms with Gasteiger partial charge in [0.25, 0.3) is 5.78 Å². The van der Waals surface area contributed by atoms with E-state index in [4.69, 9.17) is 0 Å². The lowest BCUT2D eigenvalue weighted by Gasteiger charge is -2.28. The number of anilines is 2. The highest BCUT2D eigenvalue weighted by Crippen LogP contribution is 2.38. The predicted molar refractivity (Wildman–Crippen MR) is 111 cm³/mol. The number of rotatable bonds is 5. The Bertz CT molecular complexity index is 843. The number of hydrogen-bond donors (Lipinski definition) is 0. The number of Topliss-reactive ketones (excluding diaryl/α,β-unsaturated/α-hetero) is 1. The van der Waals surface area contributed by atoms with Crippen LogP contribution in [0.1, 0.15) is 69.3 Å². The second-order valence-electron chi connectivity index (χ2n) is 9.17. The molecule has 0 radical (unpaired) electrons. The van der Waals surface area contributed by atoms with Gasteiger partial charge in [-0.05, 0) is 59.9 Å². The SMILES string of the molecule is CC(C)CC(CC(C)(C)C)c1ccc(N2C(=O)C(=O)c3ccccc32)cc1. The molecule has 1 heterocycles. The summed E-state index contributed by atoms with van der Waals surface area (Å²) in [6.07, 6.45) is 2.26. The molecular formula is C24H29NO2. The highest BCUT2D eigenvalue weighted by atomic mass is 16.2. The maximum Gasteiger partial charge on any atom is 0.304 e. The van der Waals surface area contributed by atoms with E-state index in [0.717, 1.165) is 18.5 Å². The van der Waals surface area contributed by atoms with E-state index in [2.05, 4.69) is 46.8 Å². The van der Waals surface area contributed by atoms with Crippen LogP contribution in [0.2, 0.25) is 0 Å². The lowest BCUT2D eigenvalue weighted by atomic mass is 9.78. The largest absolute Gasteiger partial charge is 0.304 e. The summed E-state index contributed by atoms with van der Waals surface area (Å²) in [6, 6.07) is 15.4. The van der Waals surface area contributed by atoms with E-state index in [1.165, 1.54) is 10.5 Å². The standard InChI is InChI=1S/C24H29NO2/c1-16(2)14-18(15-24(3,4)5)17-10-12-19(13-11-17)25-21-9-7-6-8-20(21)22(26)23(25)27/h6-13,16,18H,14-15H2,1-5H3. The Kier molecular flexibility index (Phi) is 5.23. The highest BCUT2D eigenvalue weighted by molar-refractivity contribution is 6.53. The van der Waals surface area contributed by atoms with Crippen molar-refractivity contribution in [3.05, 3.63) is 59.7 Å². The molecule has 1 aliphatic heterocycles. The lowest BCUT2D eigenvalue weighted by Crippen LogP contribution is -2.24. The molecule has 2 aromatic rings. The number of benzene rings is 2. The summed E-state index contributed by atoms with van der Waals surface area (Å²) >= 11 is 0. The second kappa shape index (κ2) is 7.30. The van der Waals surface area contributed by atoms with Crippen molar-refractivity contribution < 1.29 is 9.59 Å². The number of fused-ring (bicyclic) bond motifs is 1. The van der Waals surface area contributed by atoms with Crippen LogP contribution in [0.4, 0.5) is 11.4 Å². The second-order valence-corrected chi connectivity index (χ2v) is 9.17. The van der Waals surface area contributed by atoms with Gasteiger partial charge in [0, 0.05) is 5.69 Å². The zero-order valence-corrected chi connectivity index (χ0v) is 17.0. The number of carbonyl (C=O) groups excluding carboxylic acids is 2. The average molecular weight is 364 g/mol. The first-order chi connectivity index (χ1) is 12.7. The molecule has 142 valence electrons. The summed E-state index contributed by atoms with van der Waals surface area (Å²) in [6.45, 7) is 11.4. The van der Waals surface area contributed by atoms with Crippen molar-refractivity contribution in [1.82, 2.24) is 0 Å². The van der Waals surface area contributed by atoms with Crippen LogP contribution in [0.5, 0.6) is 0 Å². The zero-order valence-electron chi connectivity index (χ0n) is 17.0. The number of nitrogens with zero attached hydrogens (tertiary/aromatic N) is 1. The molecule has 0 aromatic heterocycles. The van der Waals surface area contributed by atoms with E-state index in [1.54, 1.807) is 12.1 Å². The van der Waals surface area contributed by atoms with Crippen LogP contribution in [0.15, 0.2) is 48.5 Å². The summed E-state index contributed by atoms with van der Waals surface area (Å²) in [4.78, 5) is 26.3. The molecule has 0 N–H and O–H groups in total. The van der Waals surface area contributed by atoms with Crippen molar-refractivity contribution in [2.75, 3.05) is 4.90 Å². The van der Waals surface area contributed by atoms with Crippen LogP contribution in [0.3, 0.4) is 0 Å². The van der Waals surface area contributed by atoms with E-state index in [9.17, 15) is 9.59 Å². The number of amides is 1. The van der Waals surface area contributed by atoms with Gasteiger partial charge in [-0.25, -0.2) is 0 Å². The van der Waals surface area contributed by atoms with Crippen LogP contribution in [-0.2, 0) is 4.79 Å². The fraction of sp³-hybridized carbons (Fsp3) is 0.417. The van der Waals surface area contributed by atoms with Crippen LogP contribution in [0.25, 0.3) is 0 Å². The van der Waals surface area contributed by atoms with E-state index in [1.807, 2.05) is 24.3 Å². The Morgan fingerprint density at radius 3 is 2.15 bits per heavy atom. The van der Waals surface area contributed by atoms with Crippen molar-refractivity contribution >= 4 is 23.1 Å². The molecule has 1 amide bonds. The van der Waals surface area contributed by atoms with Gasteiger partial charge in [-0.1, -0.05) is 58.9 Å². The molecule has 0 aliphatic carbocycles. The van der Waals surface area contributed by atoms with Gasteiger partial charge in [0.15, 0.2) is 0 Å². The molecule has 1 aliphatic rings. The summed E-state index contributed by atoms with van der Waals surface area (Å²) in [5.41, 5.74) is 3.47. The van der Waals surface area contributed by atoms with E-state index < -0.39 is 11.7 Å². The monoisotopic (exact) mass is 363 g/mol. The third-order valence-electron chi connectivity index (χ3n) is 5.02. The molecule has 3 heteroatoms. The quantitative estimate of drug-likeness (QED) is 0.601. The smallest absolute Gasteiger partial charge is 0.283 e. The van der Waals surface area contributed by atoms with Crippen molar-refractivity contribution in [1.29, 1.82) is 0 Å². The van der Waals surface area contributed by atoms with Crippen molar-refractivity contribution in [3.8, 4) is 0 Å². The van der Waals surface area contributed by atoms with Crippen LogP contribution in [-0.4, -0.2) is 11.7 Å². The minimum Gasteiger partial charge on any atom is -0.283 e. The molecule has 27 heavy (non-hydrogen) atoms. The Morgan fingerprint density at radius 1 is 0.926 bits per heavy atom. The third kappa shape index (κ3) is 4.13. The molecule has 2 aromatic carbocycles. The lowest BCUT2D eigenvalue weighted by molar-refractivity contribution is -0.113. The van der Waals surface area contributed by atoms with Crippen molar-refractivity contribution in [2.24, 2.45) is 11.3 Å². The molecule has 0 saturated carbocycles. The van der Waals surface area contributed by atoms with Crippen LogP contribution < -0.4 is 4.90 Å². The van der Waals surface area contributed by atoms with Crippen LogP contribution >= 0.6 is 0 Å². The van der Waals surface area contributed by atoms with Gasteiger partial charge in [-0.3, -0.25) is 14.5 Å². The topological polar surface area (TPSA) is 37.4 Å². The number of hydrogen-bond acceptors (Lipinski definition) is 2. The average Bonchev–Trinajstić information content (AvgIpc) is 2.84. The van der Waals surface area contributed by atoms with Crippen LogP contribution in [0, 0.1) is 11.3 Å². The number of para-hydroxylation sites is 1. The zero-order chi connectivity index (χ0) is 19.8. The molecule has 0 saturated heterocycles.